The first-order chi connectivity index (χ1) is 14.7. The summed E-state index contributed by atoms with van der Waals surface area (Å²) in [5.74, 6) is -1.01. The van der Waals surface area contributed by atoms with Crippen LogP contribution in [0.1, 0.15) is 5.56 Å². The Labute approximate surface area is 176 Å². The van der Waals surface area contributed by atoms with Gasteiger partial charge in [0.25, 0.3) is 5.91 Å². The molecule has 0 aliphatic carbocycles. The Hall–Kier alpha value is -3.14. The molecule has 1 aliphatic heterocycles. The number of nitrogens with zero attached hydrogens (tertiary/aromatic N) is 2. The molecule has 6 nitrogen and oxygen atoms in total. The number of rotatable bonds is 6. The van der Waals surface area contributed by atoms with Crippen molar-refractivity contribution in [1.29, 1.82) is 0 Å². The molecule has 1 N–H and O–H groups in total. The van der Waals surface area contributed by atoms with Crippen LogP contribution in [0, 0.1) is 5.82 Å². The third kappa shape index (κ3) is 6.68. The second-order valence-electron chi connectivity index (χ2n) is 7.03. The van der Waals surface area contributed by atoms with Crippen molar-refractivity contribution in [3.63, 3.8) is 0 Å². The van der Waals surface area contributed by atoms with Gasteiger partial charge < -0.3 is 15.0 Å². The molecule has 1 saturated heterocycles. The Balaban J connectivity index is 1.41. The molecule has 10 heteroatoms. The summed E-state index contributed by atoms with van der Waals surface area (Å²) >= 11 is 0. The molecule has 0 aromatic heterocycles. The van der Waals surface area contributed by atoms with Gasteiger partial charge in [0.1, 0.15) is 11.6 Å². The fraction of sp³-hybridized carbons (Fsp3) is 0.333. The molecule has 0 saturated carbocycles. The first kappa shape index (κ1) is 22.5. The summed E-state index contributed by atoms with van der Waals surface area (Å²) in [6.45, 7) is 1.42. The smallest absolute Gasteiger partial charge is 0.416 e. The van der Waals surface area contributed by atoms with Crippen molar-refractivity contribution in [1.82, 2.24) is 9.80 Å². The van der Waals surface area contributed by atoms with Crippen LogP contribution < -0.4 is 10.1 Å². The third-order valence-corrected chi connectivity index (χ3v) is 4.74. The van der Waals surface area contributed by atoms with Gasteiger partial charge in [-0.05, 0) is 42.5 Å². The summed E-state index contributed by atoms with van der Waals surface area (Å²) in [6, 6.07) is 9.80. The number of carbonyl (C=O) groups is 2. The minimum atomic E-state index is -4.48. The maximum Gasteiger partial charge on any atom is 0.416 e. The van der Waals surface area contributed by atoms with Gasteiger partial charge in [-0.2, -0.15) is 13.2 Å². The minimum absolute atomic E-state index is 0.0284. The molecule has 166 valence electrons. The van der Waals surface area contributed by atoms with Gasteiger partial charge in [-0.15, -0.1) is 0 Å². The lowest BCUT2D eigenvalue weighted by Crippen LogP contribution is -2.51. The number of nitrogens with one attached hydrogen (secondary N) is 1. The first-order valence-corrected chi connectivity index (χ1v) is 9.56. The summed E-state index contributed by atoms with van der Waals surface area (Å²) in [6.07, 6.45) is -4.48. The van der Waals surface area contributed by atoms with Crippen LogP contribution in [0.3, 0.4) is 0 Å². The van der Waals surface area contributed by atoms with Gasteiger partial charge in [0.05, 0.1) is 12.1 Å². The van der Waals surface area contributed by atoms with Crippen LogP contribution in [0.25, 0.3) is 0 Å². The van der Waals surface area contributed by atoms with E-state index in [1.807, 2.05) is 4.90 Å². The summed E-state index contributed by atoms with van der Waals surface area (Å²) in [4.78, 5) is 27.8. The highest BCUT2D eigenvalue weighted by atomic mass is 19.4. The fourth-order valence-electron chi connectivity index (χ4n) is 3.09. The number of benzene rings is 2. The predicted molar refractivity (Wildman–Crippen MR) is 105 cm³/mol. The lowest BCUT2D eigenvalue weighted by atomic mass is 10.2. The van der Waals surface area contributed by atoms with Crippen molar-refractivity contribution in [2.75, 3.05) is 44.6 Å². The van der Waals surface area contributed by atoms with Crippen molar-refractivity contribution in [3.8, 4) is 5.75 Å². The fourth-order valence-corrected chi connectivity index (χ4v) is 3.09. The van der Waals surface area contributed by atoms with Crippen LogP contribution in [0.4, 0.5) is 23.2 Å². The van der Waals surface area contributed by atoms with Crippen LogP contribution in [-0.2, 0) is 15.8 Å². The van der Waals surface area contributed by atoms with E-state index < -0.39 is 17.6 Å². The number of amides is 2. The summed E-state index contributed by atoms with van der Waals surface area (Å²) < 4.78 is 56.4. The molecule has 0 unspecified atom stereocenters. The molecule has 0 radical (unpaired) electrons. The predicted octanol–water partition coefficient (Wildman–Crippen LogP) is 3.01. The molecule has 1 fully saturated rings. The van der Waals surface area contributed by atoms with Crippen molar-refractivity contribution in [2.45, 2.75) is 6.18 Å². The van der Waals surface area contributed by atoms with Gasteiger partial charge >= 0.3 is 6.18 Å². The molecule has 2 aromatic carbocycles. The molecule has 2 aromatic rings. The zero-order valence-electron chi connectivity index (χ0n) is 16.5. The average Bonchev–Trinajstić information content (AvgIpc) is 2.74. The van der Waals surface area contributed by atoms with Crippen molar-refractivity contribution in [3.05, 3.63) is 59.9 Å². The maximum atomic E-state index is 12.9. The van der Waals surface area contributed by atoms with E-state index in [9.17, 15) is 27.2 Å². The molecule has 0 spiro atoms. The van der Waals surface area contributed by atoms with Gasteiger partial charge in [0.2, 0.25) is 5.91 Å². The van der Waals surface area contributed by atoms with Gasteiger partial charge in [-0.1, -0.05) is 6.07 Å². The lowest BCUT2D eigenvalue weighted by molar-refractivity contribution is -0.137. The minimum Gasteiger partial charge on any atom is -0.484 e. The molecule has 0 atom stereocenters. The SMILES string of the molecule is O=C(CN1CCN(C(=O)COc2cccc(C(F)(F)F)c2)CC1)Nc1ccc(F)cc1. The third-order valence-electron chi connectivity index (χ3n) is 4.74. The highest BCUT2D eigenvalue weighted by molar-refractivity contribution is 5.92. The van der Waals surface area contributed by atoms with Gasteiger partial charge in [-0.25, -0.2) is 4.39 Å². The van der Waals surface area contributed by atoms with Crippen LogP contribution >= 0.6 is 0 Å². The standard InChI is InChI=1S/C21H21F4N3O3/c22-16-4-6-17(7-5-16)26-19(29)13-27-8-10-28(11-9-27)20(30)14-31-18-3-1-2-15(12-18)21(23,24)25/h1-7,12H,8-11,13-14H2,(H,26,29). The molecular formula is C21H21F4N3O3. The Morgan fingerprint density at radius 2 is 1.68 bits per heavy atom. The van der Waals surface area contributed by atoms with Crippen LogP contribution in [0.5, 0.6) is 5.75 Å². The van der Waals surface area contributed by atoms with E-state index in [0.29, 0.717) is 31.9 Å². The summed E-state index contributed by atoms with van der Waals surface area (Å²) in [7, 11) is 0. The Kier molecular flexibility index (Phi) is 7.11. The largest absolute Gasteiger partial charge is 0.484 e. The van der Waals surface area contributed by atoms with Crippen molar-refractivity contribution in [2.24, 2.45) is 0 Å². The molecule has 3 rings (SSSR count). The zero-order chi connectivity index (χ0) is 22.4. The van der Waals surface area contributed by atoms with E-state index in [1.54, 1.807) is 4.90 Å². The number of carbonyl (C=O) groups excluding carboxylic acids is 2. The molecule has 0 bridgehead atoms. The normalized spacial score (nSPS) is 14.9. The van der Waals surface area contributed by atoms with E-state index >= 15 is 0 Å². The number of halogens is 4. The van der Waals surface area contributed by atoms with Crippen molar-refractivity contribution < 1.29 is 31.9 Å². The first-order valence-electron chi connectivity index (χ1n) is 9.56. The number of anilines is 1. The zero-order valence-corrected chi connectivity index (χ0v) is 16.5. The second-order valence-corrected chi connectivity index (χ2v) is 7.03. The van der Waals surface area contributed by atoms with Gasteiger partial charge in [-0.3, -0.25) is 14.5 Å². The van der Waals surface area contributed by atoms with Gasteiger partial charge in [0, 0.05) is 31.9 Å². The average molecular weight is 439 g/mol. The van der Waals surface area contributed by atoms with E-state index in [4.69, 9.17) is 4.74 Å². The Bertz CT molecular complexity index is 911. The van der Waals surface area contributed by atoms with E-state index in [1.165, 1.54) is 36.4 Å². The van der Waals surface area contributed by atoms with E-state index in [-0.39, 0.29) is 30.7 Å². The van der Waals surface area contributed by atoms with Crippen LogP contribution in [0.2, 0.25) is 0 Å². The molecule has 1 aliphatic rings. The molecule has 31 heavy (non-hydrogen) atoms. The van der Waals surface area contributed by atoms with Gasteiger partial charge in [0.15, 0.2) is 6.61 Å². The summed E-state index contributed by atoms with van der Waals surface area (Å²) in [5, 5.41) is 2.68. The summed E-state index contributed by atoms with van der Waals surface area (Å²) in [5.41, 5.74) is -0.350. The van der Waals surface area contributed by atoms with Crippen LogP contribution in [-0.4, -0.2) is 60.9 Å². The van der Waals surface area contributed by atoms with E-state index in [0.717, 1.165) is 12.1 Å². The topological polar surface area (TPSA) is 61.9 Å². The maximum absolute atomic E-state index is 12.9. The highest BCUT2D eigenvalue weighted by Crippen LogP contribution is 2.31. The molecular weight excluding hydrogens is 418 g/mol. The number of piperazine rings is 1. The second kappa shape index (κ2) is 9.78. The lowest BCUT2D eigenvalue weighted by Gasteiger charge is -2.34. The van der Waals surface area contributed by atoms with E-state index in [2.05, 4.69) is 5.32 Å². The number of hydrogen-bond acceptors (Lipinski definition) is 4. The number of hydrogen-bond donors (Lipinski definition) is 1. The monoisotopic (exact) mass is 439 g/mol. The highest BCUT2D eigenvalue weighted by Gasteiger charge is 2.30. The van der Waals surface area contributed by atoms with Crippen LogP contribution in [0.15, 0.2) is 48.5 Å². The number of ether oxygens (including phenoxy) is 1. The number of alkyl halides is 3. The Morgan fingerprint density at radius 3 is 2.32 bits per heavy atom. The quantitative estimate of drug-likeness (QED) is 0.703. The molecule has 1 heterocycles. The van der Waals surface area contributed by atoms with Crippen molar-refractivity contribution >= 4 is 17.5 Å². The Morgan fingerprint density at radius 1 is 1.00 bits per heavy atom. The molecule has 2 amide bonds.